The van der Waals surface area contributed by atoms with Crippen LogP contribution in [0.2, 0.25) is 0 Å². The van der Waals surface area contributed by atoms with Crippen molar-refractivity contribution in [1.82, 2.24) is 5.32 Å². The molecule has 7 nitrogen and oxygen atoms in total. The van der Waals surface area contributed by atoms with Gasteiger partial charge in [-0.3, -0.25) is 9.59 Å². The lowest BCUT2D eigenvalue weighted by Gasteiger charge is -2.05. The van der Waals surface area contributed by atoms with Crippen LogP contribution in [0, 0.1) is 0 Å². The average molecular weight is 414 g/mol. The van der Waals surface area contributed by atoms with E-state index in [1.807, 2.05) is 0 Å². The van der Waals surface area contributed by atoms with Gasteiger partial charge < -0.3 is 15.7 Å². The number of nitrogens with one attached hydrogen (secondary N) is 2. The molecule has 152 valence electrons. The van der Waals surface area contributed by atoms with Gasteiger partial charge in [-0.25, -0.2) is 8.42 Å². The molecule has 2 aromatic carbocycles. The number of sulfone groups is 1. The summed E-state index contributed by atoms with van der Waals surface area (Å²) in [7, 11) is -3.52. The first kappa shape index (κ1) is 20.8. The standard InChI is InChI=1S/C21H22N2O5S/c24-13-14-29(27,28)19-10-8-17(9-11-19)22-20(25)12-3-15-1-4-16(5-2-15)21(26)23-18-6-7-18/h1-5,8-12,18,24H,6-7,13-14H2,(H,22,25)(H,23,26). The molecular weight excluding hydrogens is 392 g/mol. The molecule has 0 aromatic heterocycles. The lowest BCUT2D eigenvalue weighted by Crippen LogP contribution is -2.25. The van der Waals surface area contributed by atoms with E-state index in [0.717, 1.165) is 18.4 Å². The van der Waals surface area contributed by atoms with Gasteiger partial charge in [0.15, 0.2) is 9.84 Å². The highest BCUT2D eigenvalue weighted by Gasteiger charge is 2.23. The highest BCUT2D eigenvalue weighted by atomic mass is 32.2. The van der Waals surface area contributed by atoms with Crippen molar-refractivity contribution in [3.8, 4) is 0 Å². The number of carbonyl (C=O) groups excluding carboxylic acids is 2. The molecule has 0 aliphatic heterocycles. The second-order valence-corrected chi connectivity index (χ2v) is 8.87. The highest BCUT2D eigenvalue weighted by Crippen LogP contribution is 2.19. The van der Waals surface area contributed by atoms with Crippen molar-refractivity contribution in [3.63, 3.8) is 0 Å². The summed E-state index contributed by atoms with van der Waals surface area (Å²) in [5.41, 5.74) is 1.80. The highest BCUT2D eigenvalue weighted by molar-refractivity contribution is 7.91. The van der Waals surface area contributed by atoms with E-state index in [9.17, 15) is 18.0 Å². The van der Waals surface area contributed by atoms with Crippen LogP contribution in [0.25, 0.3) is 6.08 Å². The van der Waals surface area contributed by atoms with Gasteiger partial charge in [-0.05, 0) is 60.9 Å². The van der Waals surface area contributed by atoms with Gasteiger partial charge in [0.25, 0.3) is 5.91 Å². The van der Waals surface area contributed by atoms with Crippen LogP contribution in [0.1, 0.15) is 28.8 Å². The van der Waals surface area contributed by atoms with Crippen LogP contribution < -0.4 is 10.6 Å². The Morgan fingerprint density at radius 3 is 2.28 bits per heavy atom. The molecule has 0 unspecified atom stereocenters. The van der Waals surface area contributed by atoms with Gasteiger partial charge in [0.2, 0.25) is 5.91 Å². The van der Waals surface area contributed by atoms with Gasteiger partial charge in [0.1, 0.15) is 0 Å². The van der Waals surface area contributed by atoms with Crippen molar-refractivity contribution in [2.45, 2.75) is 23.8 Å². The molecule has 0 saturated heterocycles. The first-order valence-corrected chi connectivity index (χ1v) is 10.9. The van der Waals surface area contributed by atoms with Gasteiger partial charge in [-0.2, -0.15) is 0 Å². The van der Waals surface area contributed by atoms with Crippen molar-refractivity contribution in [2.75, 3.05) is 17.7 Å². The Labute approximate surface area is 169 Å². The Hall–Kier alpha value is -2.97. The minimum atomic E-state index is -3.52. The fourth-order valence-electron chi connectivity index (χ4n) is 2.58. The maximum atomic E-state index is 12.1. The van der Waals surface area contributed by atoms with Crippen LogP contribution in [-0.4, -0.2) is 43.7 Å². The Bertz CT molecular complexity index is 1010. The topological polar surface area (TPSA) is 113 Å². The van der Waals surface area contributed by atoms with Crippen LogP contribution in [0.3, 0.4) is 0 Å². The molecule has 2 aromatic rings. The van der Waals surface area contributed by atoms with E-state index in [1.54, 1.807) is 30.3 Å². The van der Waals surface area contributed by atoms with E-state index in [1.165, 1.54) is 30.3 Å². The number of rotatable bonds is 8. The smallest absolute Gasteiger partial charge is 0.251 e. The average Bonchev–Trinajstić information content (AvgIpc) is 3.51. The van der Waals surface area contributed by atoms with E-state index >= 15 is 0 Å². The molecule has 0 spiro atoms. The number of aliphatic hydroxyl groups excluding tert-OH is 1. The van der Waals surface area contributed by atoms with E-state index < -0.39 is 16.4 Å². The SMILES string of the molecule is O=C(C=Cc1ccc(C(=O)NC2CC2)cc1)Nc1ccc(S(=O)(=O)CCO)cc1. The van der Waals surface area contributed by atoms with Crippen molar-refractivity contribution < 1.29 is 23.1 Å². The zero-order valence-electron chi connectivity index (χ0n) is 15.7. The van der Waals surface area contributed by atoms with Crippen LogP contribution >= 0.6 is 0 Å². The molecule has 0 radical (unpaired) electrons. The molecule has 2 amide bonds. The molecule has 0 heterocycles. The minimum absolute atomic E-state index is 0.0888. The van der Waals surface area contributed by atoms with Crippen LogP contribution in [0.4, 0.5) is 5.69 Å². The Balaban J connectivity index is 1.56. The normalized spacial score (nSPS) is 14.0. The quantitative estimate of drug-likeness (QED) is 0.572. The van der Waals surface area contributed by atoms with E-state index in [2.05, 4.69) is 10.6 Å². The molecule has 1 aliphatic carbocycles. The Morgan fingerprint density at radius 1 is 1.03 bits per heavy atom. The number of anilines is 1. The predicted octanol–water partition coefficient (Wildman–Crippen LogP) is 2.00. The summed E-state index contributed by atoms with van der Waals surface area (Å²) in [6.07, 6.45) is 5.04. The van der Waals surface area contributed by atoms with Crippen molar-refractivity contribution in [1.29, 1.82) is 0 Å². The molecule has 8 heteroatoms. The van der Waals surface area contributed by atoms with Crippen LogP contribution in [0.15, 0.2) is 59.5 Å². The molecule has 29 heavy (non-hydrogen) atoms. The van der Waals surface area contributed by atoms with Crippen LogP contribution in [-0.2, 0) is 14.6 Å². The third kappa shape index (κ3) is 6.00. The van der Waals surface area contributed by atoms with Crippen molar-refractivity contribution >= 4 is 33.4 Å². The number of hydrogen-bond donors (Lipinski definition) is 3. The third-order valence-electron chi connectivity index (χ3n) is 4.35. The third-order valence-corrected chi connectivity index (χ3v) is 6.06. The lowest BCUT2D eigenvalue weighted by atomic mass is 10.1. The fraction of sp³-hybridized carbons (Fsp3) is 0.238. The first-order valence-electron chi connectivity index (χ1n) is 9.21. The monoisotopic (exact) mass is 414 g/mol. The summed E-state index contributed by atoms with van der Waals surface area (Å²) in [5, 5.41) is 14.4. The van der Waals surface area contributed by atoms with E-state index in [0.29, 0.717) is 17.3 Å². The second kappa shape index (κ2) is 9.02. The van der Waals surface area contributed by atoms with Gasteiger partial charge in [0.05, 0.1) is 17.3 Å². The van der Waals surface area contributed by atoms with E-state index in [-0.39, 0.29) is 22.5 Å². The molecule has 1 aliphatic rings. The van der Waals surface area contributed by atoms with Gasteiger partial charge in [-0.15, -0.1) is 0 Å². The largest absolute Gasteiger partial charge is 0.395 e. The first-order chi connectivity index (χ1) is 13.9. The van der Waals surface area contributed by atoms with Crippen LogP contribution in [0.5, 0.6) is 0 Å². The number of amides is 2. The summed E-state index contributed by atoms with van der Waals surface area (Å²) in [6.45, 7) is -0.447. The zero-order chi connectivity index (χ0) is 20.9. The molecule has 3 N–H and O–H groups in total. The summed E-state index contributed by atoms with van der Waals surface area (Å²) in [4.78, 5) is 24.1. The molecule has 1 fully saturated rings. The Morgan fingerprint density at radius 2 is 1.69 bits per heavy atom. The van der Waals surface area contributed by atoms with Gasteiger partial charge in [-0.1, -0.05) is 12.1 Å². The second-order valence-electron chi connectivity index (χ2n) is 6.76. The van der Waals surface area contributed by atoms with Gasteiger partial charge >= 0.3 is 0 Å². The maximum absolute atomic E-state index is 12.1. The molecule has 0 atom stereocenters. The molecule has 3 rings (SSSR count). The fourth-order valence-corrected chi connectivity index (χ4v) is 3.61. The lowest BCUT2D eigenvalue weighted by molar-refractivity contribution is -0.111. The number of aliphatic hydroxyl groups is 1. The molecule has 1 saturated carbocycles. The summed E-state index contributed by atoms with van der Waals surface area (Å²) in [6, 6.07) is 13.0. The molecular formula is C21H22N2O5S. The number of benzene rings is 2. The summed E-state index contributed by atoms with van der Waals surface area (Å²) in [5.74, 6) is -0.806. The summed E-state index contributed by atoms with van der Waals surface area (Å²) >= 11 is 0. The Kier molecular flexibility index (Phi) is 6.46. The number of hydrogen-bond acceptors (Lipinski definition) is 5. The van der Waals surface area contributed by atoms with Gasteiger partial charge in [0, 0.05) is 23.4 Å². The molecule has 0 bridgehead atoms. The summed E-state index contributed by atoms with van der Waals surface area (Å²) < 4.78 is 23.7. The van der Waals surface area contributed by atoms with E-state index in [4.69, 9.17) is 5.11 Å². The number of carbonyl (C=O) groups is 2. The maximum Gasteiger partial charge on any atom is 0.251 e. The predicted molar refractivity (Wildman–Crippen MR) is 110 cm³/mol. The zero-order valence-corrected chi connectivity index (χ0v) is 16.5. The van der Waals surface area contributed by atoms with Crippen molar-refractivity contribution in [3.05, 3.63) is 65.7 Å². The minimum Gasteiger partial charge on any atom is -0.395 e. The van der Waals surface area contributed by atoms with Crippen molar-refractivity contribution in [2.24, 2.45) is 0 Å².